The Morgan fingerprint density at radius 3 is 2.24 bits per heavy atom. The van der Waals surface area contributed by atoms with Crippen LogP contribution in [0.4, 0.5) is 4.79 Å². The van der Waals surface area contributed by atoms with Crippen molar-refractivity contribution in [1.29, 1.82) is 0 Å². The fraction of sp³-hybridized carbons (Fsp3) is 0.846. The number of unbranched alkanes of at least 4 members (excludes halogenated alkanes) is 1. The van der Waals surface area contributed by atoms with Gasteiger partial charge in [-0.2, -0.15) is 0 Å². The standard InChI is InChI=1S/C13H25NO3/c1-6-7-8-10(4)12(15)11(9(2)3)14-13(16)17-5/h9-11H,6-8H2,1-5H3,(H,14,16). The molecule has 2 unspecified atom stereocenters. The summed E-state index contributed by atoms with van der Waals surface area (Å²) >= 11 is 0. The molecule has 4 heteroatoms. The molecular weight excluding hydrogens is 218 g/mol. The minimum Gasteiger partial charge on any atom is -0.453 e. The summed E-state index contributed by atoms with van der Waals surface area (Å²) in [5.41, 5.74) is 0. The zero-order valence-corrected chi connectivity index (χ0v) is 11.6. The van der Waals surface area contributed by atoms with E-state index in [2.05, 4.69) is 17.0 Å². The molecule has 0 saturated heterocycles. The number of hydrogen-bond donors (Lipinski definition) is 1. The quantitative estimate of drug-likeness (QED) is 0.748. The van der Waals surface area contributed by atoms with E-state index in [0.29, 0.717) is 0 Å². The van der Waals surface area contributed by atoms with Crippen LogP contribution in [0.15, 0.2) is 0 Å². The summed E-state index contributed by atoms with van der Waals surface area (Å²) in [6, 6.07) is -0.450. The van der Waals surface area contributed by atoms with Crippen LogP contribution in [0.3, 0.4) is 0 Å². The Morgan fingerprint density at radius 1 is 1.24 bits per heavy atom. The third kappa shape index (κ3) is 5.71. The van der Waals surface area contributed by atoms with Crippen molar-refractivity contribution in [2.24, 2.45) is 11.8 Å². The third-order valence-electron chi connectivity index (χ3n) is 2.91. The molecule has 0 aromatic heterocycles. The first kappa shape index (κ1) is 15.9. The van der Waals surface area contributed by atoms with Crippen LogP contribution < -0.4 is 5.32 Å². The van der Waals surface area contributed by atoms with Gasteiger partial charge in [-0.15, -0.1) is 0 Å². The molecule has 2 atom stereocenters. The number of ether oxygens (including phenoxy) is 1. The summed E-state index contributed by atoms with van der Waals surface area (Å²) in [4.78, 5) is 23.4. The van der Waals surface area contributed by atoms with Gasteiger partial charge in [-0.05, 0) is 12.3 Å². The van der Waals surface area contributed by atoms with E-state index in [1.54, 1.807) is 0 Å². The molecule has 0 aliphatic heterocycles. The highest BCUT2D eigenvalue weighted by Crippen LogP contribution is 2.15. The molecule has 0 aromatic carbocycles. The smallest absolute Gasteiger partial charge is 0.407 e. The number of carbonyl (C=O) groups is 2. The van der Waals surface area contributed by atoms with Gasteiger partial charge in [0, 0.05) is 5.92 Å². The number of methoxy groups -OCH3 is 1. The number of Topliss-reactive ketones (excluding diaryl/α,β-unsaturated/α-hetero) is 1. The van der Waals surface area contributed by atoms with Crippen LogP contribution in [0.5, 0.6) is 0 Å². The Hall–Kier alpha value is -1.06. The van der Waals surface area contributed by atoms with Crippen LogP contribution in [0.25, 0.3) is 0 Å². The van der Waals surface area contributed by atoms with Crippen LogP contribution in [0.1, 0.15) is 47.0 Å². The van der Waals surface area contributed by atoms with Gasteiger partial charge in [0.2, 0.25) is 0 Å². The molecule has 0 rings (SSSR count). The molecule has 4 nitrogen and oxygen atoms in total. The zero-order chi connectivity index (χ0) is 13.4. The van der Waals surface area contributed by atoms with E-state index in [1.807, 2.05) is 20.8 Å². The molecular formula is C13H25NO3. The number of ketones is 1. The number of nitrogens with one attached hydrogen (secondary N) is 1. The minimum absolute atomic E-state index is 0.0143. The predicted molar refractivity (Wildman–Crippen MR) is 67.9 cm³/mol. The molecule has 1 amide bonds. The molecule has 0 aliphatic rings. The molecule has 0 aliphatic carbocycles. The number of carbonyl (C=O) groups excluding carboxylic acids is 2. The lowest BCUT2D eigenvalue weighted by molar-refractivity contribution is -0.125. The molecule has 0 heterocycles. The van der Waals surface area contributed by atoms with Crippen LogP contribution in [-0.2, 0) is 9.53 Å². The van der Waals surface area contributed by atoms with E-state index < -0.39 is 12.1 Å². The van der Waals surface area contributed by atoms with Gasteiger partial charge in [0.15, 0.2) is 5.78 Å². The molecule has 0 aromatic rings. The normalized spacial score (nSPS) is 14.2. The van der Waals surface area contributed by atoms with Crippen LogP contribution in [-0.4, -0.2) is 25.0 Å². The van der Waals surface area contributed by atoms with Crippen molar-refractivity contribution < 1.29 is 14.3 Å². The summed E-state index contributed by atoms with van der Waals surface area (Å²) in [5, 5.41) is 2.61. The highest BCUT2D eigenvalue weighted by molar-refractivity contribution is 5.89. The lowest BCUT2D eigenvalue weighted by Crippen LogP contribution is -2.46. The van der Waals surface area contributed by atoms with Crippen molar-refractivity contribution in [3.8, 4) is 0 Å². The molecule has 0 spiro atoms. The minimum atomic E-state index is -0.542. The Morgan fingerprint density at radius 2 is 1.82 bits per heavy atom. The topological polar surface area (TPSA) is 55.4 Å². The van der Waals surface area contributed by atoms with Gasteiger partial charge in [0.25, 0.3) is 0 Å². The van der Waals surface area contributed by atoms with E-state index in [1.165, 1.54) is 7.11 Å². The van der Waals surface area contributed by atoms with Crippen molar-refractivity contribution >= 4 is 11.9 Å². The zero-order valence-electron chi connectivity index (χ0n) is 11.6. The average molecular weight is 243 g/mol. The van der Waals surface area contributed by atoms with Crippen molar-refractivity contribution in [1.82, 2.24) is 5.32 Å². The maximum atomic E-state index is 12.2. The van der Waals surface area contributed by atoms with Gasteiger partial charge < -0.3 is 10.1 Å². The Bertz CT molecular complexity index is 251. The summed E-state index contributed by atoms with van der Waals surface area (Å²) in [6.07, 6.45) is 2.45. The van der Waals surface area contributed by atoms with E-state index in [4.69, 9.17) is 0 Å². The molecule has 0 fully saturated rings. The van der Waals surface area contributed by atoms with Crippen LogP contribution >= 0.6 is 0 Å². The molecule has 17 heavy (non-hydrogen) atoms. The highest BCUT2D eigenvalue weighted by atomic mass is 16.5. The summed E-state index contributed by atoms with van der Waals surface area (Å²) in [6.45, 7) is 7.87. The van der Waals surface area contributed by atoms with Gasteiger partial charge >= 0.3 is 6.09 Å². The first-order chi connectivity index (χ1) is 7.93. The van der Waals surface area contributed by atoms with Gasteiger partial charge in [-0.25, -0.2) is 4.79 Å². The van der Waals surface area contributed by atoms with E-state index in [0.717, 1.165) is 19.3 Å². The monoisotopic (exact) mass is 243 g/mol. The van der Waals surface area contributed by atoms with Crippen molar-refractivity contribution in [2.75, 3.05) is 7.11 Å². The second-order valence-corrected chi connectivity index (χ2v) is 4.80. The SMILES string of the molecule is CCCCC(C)C(=O)C(NC(=O)OC)C(C)C. The maximum absolute atomic E-state index is 12.2. The lowest BCUT2D eigenvalue weighted by Gasteiger charge is -2.23. The number of hydrogen-bond acceptors (Lipinski definition) is 3. The van der Waals surface area contributed by atoms with Crippen molar-refractivity contribution in [2.45, 2.75) is 53.0 Å². The van der Waals surface area contributed by atoms with Gasteiger partial charge in [-0.1, -0.05) is 40.5 Å². The Balaban J connectivity index is 4.48. The average Bonchev–Trinajstić information content (AvgIpc) is 2.31. The van der Waals surface area contributed by atoms with Gasteiger partial charge in [-0.3, -0.25) is 4.79 Å². The second-order valence-electron chi connectivity index (χ2n) is 4.80. The van der Waals surface area contributed by atoms with Crippen molar-refractivity contribution in [3.05, 3.63) is 0 Å². The van der Waals surface area contributed by atoms with Crippen LogP contribution in [0, 0.1) is 11.8 Å². The molecule has 0 radical (unpaired) electrons. The second kappa shape index (κ2) is 8.09. The Labute approximate surface area is 104 Å². The summed E-state index contributed by atoms with van der Waals surface area (Å²) in [5.74, 6) is 0.157. The molecule has 100 valence electrons. The summed E-state index contributed by atoms with van der Waals surface area (Å²) in [7, 11) is 1.30. The largest absolute Gasteiger partial charge is 0.453 e. The third-order valence-corrected chi connectivity index (χ3v) is 2.91. The van der Waals surface area contributed by atoms with Gasteiger partial charge in [0.05, 0.1) is 13.2 Å². The first-order valence-corrected chi connectivity index (χ1v) is 6.32. The van der Waals surface area contributed by atoms with Crippen LogP contribution in [0.2, 0.25) is 0 Å². The summed E-state index contributed by atoms with van der Waals surface area (Å²) < 4.78 is 4.54. The maximum Gasteiger partial charge on any atom is 0.407 e. The number of alkyl carbamates (subject to hydrolysis) is 1. The highest BCUT2D eigenvalue weighted by Gasteiger charge is 2.27. The van der Waals surface area contributed by atoms with E-state index >= 15 is 0 Å². The first-order valence-electron chi connectivity index (χ1n) is 6.32. The molecule has 1 N–H and O–H groups in total. The fourth-order valence-corrected chi connectivity index (χ4v) is 1.71. The lowest BCUT2D eigenvalue weighted by atomic mass is 9.89. The molecule has 0 bridgehead atoms. The number of rotatable bonds is 7. The Kier molecular flexibility index (Phi) is 7.59. The van der Waals surface area contributed by atoms with Gasteiger partial charge in [0.1, 0.15) is 0 Å². The fourth-order valence-electron chi connectivity index (χ4n) is 1.71. The predicted octanol–water partition coefficient (Wildman–Crippen LogP) is 2.76. The van der Waals surface area contributed by atoms with E-state index in [9.17, 15) is 9.59 Å². The van der Waals surface area contributed by atoms with E-state index in [-0.39, 0.29) is 17.6 Å². The number of amides is 1. The molecule has 0 saturated carbocycles. The van der Waals surface area contributed by atoms with Crippen molar-refractivity contribution in [3.63, 3.8) is 0 Å².